The molecule has 0 rings (SSSR count). The van der Waals surface area contributed by atoms with Crippen molar-refractivity contribution in [1.29, 1.82) is 0 Å². The minimum absolute atomic E-state index is 0.138. The van der Waals surface area contributed by atoms with Gasteiger partial charge in [-0.05, 0) is 57.8 Å². The van der Waals surface area contributed by atoms with Crippen molar-refractivity contribution in [2.24, 2.45) is 0 Å². The van der Waals surface area contributed by atoms with Gasteiger partial charge in [-0.1, -0.05) is 165 Å². The Hall–Kier alpha value is -2.18. The summed E-state index contributed by atoms with van der Waals surface area (Å²) in [5.74, 6) is -0.639. The third-order valence-electron chi connectivity index (χ3n) is 8.62. The van der Waals surface area contributed by atoms with Gasteiger partial charge in [0.05, 0.1) is 0 Å². The standard InChI is InChI=1S/C43H76O6/c1-2-3-4-5-6-7-8-9-10-12-15-18-21-24-27-30-33-36-42(46)48-39-41(45)40-49-43(47)37-34-31-28-25-22-19-16-13-11-14-17-20-23-26-29-32-35-38-44/h11,14,16,19-20,23,25,28,41,44-45H,2-10,12-13,15,17-18,21-22,24,26-27,29-40H2,1H3/b14-11-,19-16-,23-20-,28-25-/t41-/m1/s1. The Kier molecular flexibility index (Phi) is 38.5. The van der Waals surface area contributed by atoms with Gasteiger partial charge in [-0.15, -0.1) is 0 Å². The molecule has 0 heterocycles. The number of hydrogen-bond donors (Lipinski definition) is 2. The Bertz CT molecular complexity index is 830. The van der Waals surface area contributed by atoms with Crippen LogP contribution in [0.3, 0.4) is 0 Å². The van der Waals surface area contributed by atoms with E-state index < -0.39 is 6.10 Å². The first-order valence-corrected chi connectivity index (χ1v) is 20.3. The molecule has 6 nitrogen and oxygen atoms in total. The quantitative estimate of drug-likeness (QED) is 0.0383. The maximum Gasteiger partial charge on any atom is 0.305 e. The van der Waals surface area contributed by atoms with Gasteiger partial charge in [-0.25, -0.2) is 0 Å². The minimum atomic E-state index is -0.991. The molecular formula is C43H76O6. The van der Waals surface area contributed by atoms with Crippen molar-refractivity contribution in [3.05, 3.63) is 48.6 Å². The van der Waals surface area contributed by atoms with Crippen LogP contribution in [0.4, 0.5) is 0 Å². The molecule has 0 saturated heterocycles. The maximum atomic E-state index is 12.0. The van der Waals surface area contributed by atoms with Gasteiger partial charge in [0.2, 0.25) is 0 Å². The summed E-state index contributed by atoms with van der Waals surface area (Å²) in [6.07, 6.45) is 47.5. The molecule has 0 aromatic heterocycles. The number of rotatable bonds is 37. The number of ether oxygens (including phenoxy) is 2. The summed E-state index contributed by atoms with van der Waals surface area (Å²) < 4.78 is 10.3. The summed E-state index contributed by atoms with van der Waals surface area (Å²) in [7, 11) is 0. The van der Waals surface area contributed by atoms with E-state index in [1.807, 2.05) is 0 Å². The number of aliphatic hydroxyl groups excluding tert-OH is 2. The van der Waals surface area contributed by atoms with E-state index in [9.17, 15) is 14.7 Å². The fraction of sp³-hybridized carbons (Fsp3) is 0.767. The average Bonchev–Trinajstić information content (AvgIpc) is 3.10. The van der Waals surface area contributed by atoms with Gasteiger partial charge in [-0.2, -0.15) is 0 Å². The van der Waals surface area contributed by atoms with E-state index in [2.05, 4.69) is 55.5 Å². The first kappa shape index (κ1) is 46.8. The molecule has 6 heteroatoms. The van der Waals surface area contributed by atoms with Crippen molar-refractivity contribution in [3.63, 3.8) is 0 Å². The number of hydrogen-bond acceptors (Lipinski definition) is 6. The van der Waals surface area contributed by atoms with E-state index in [-0.39, 0.29) is 25.2 Å². The van der Waals surface area contributed by atoms with Gasteiger partial charge in [0.25, 0.3) is 0 Å². The molecule has 0 spiro atoms. The van der Waals surface area contributed by atoms with Crippen molar-refractivity contribution in [3.8, 4) is 0 Å². The Morgan fingerprint density at radius 2 is 0.816 bits per heavy atom. The summed E-state index contributed by atoms with van der Waals surface area (Å²) in [4.78, 5) is 23.9. The minimum Gasteiger partial charge on any atom is -0.463 e. The van der Waals surface area contributed by atoms with Crippen molar-refractivity contribution in [2.45, 2.75) is 193 Å². The van der Waals surface area contributed by atoms with Crippen LogP contribution in [0.2, 0.25) is 0 Å². The van der Waals surface area contributed by atoms with Gasteiger partial charge in [0.15, 0.2) is 0 Å². The van der Waals surface area contributed by atoms with Gasteiger partial charge < -0.3 is 19.7 Å². The molecule has 49 heavy (non-hydrogen) atoms. The predicted octanol–water partition coefficient (Wildman–Crippen LogP) is 11.6. The Morgan fingerprint density at radius 1 is 0.469 bits per heavy atom. The predicted molar refractivity (Wildman–Crippen MR) is 207 cm³/mol. The molecule has 0 aliphatic carbocycles. The molecule has 0 saturated carbocycles. The van der Waals surface area contributed by atoms with Crippen LogP contribution < -0.4 is 0 Å². The van der Waals surface area contributed by atoms with Crippen molar-refractivity contribution in [2.75, 3.05) is 19.8 Å². The van der Waals surface area contributed by atoms with E-state index in [1.54, 1.807) is 0 Å². The van der Waals surface area contributed by atoms with E-state index in [1.165, 1.54) is 89.9 Å². The topological polar surface area (TPSA) is 93.1 Å². The second-order valence-electron chi connectivity index (χ2n) is 13.5. The summed E-state index contributed by atoms with van der Waals surface area (Å²) in [5, 5.41) is 18.8. The third kappa shape index (κ3) is 40.1. The highest BCUT2D eigenvalue weighted by Crippen LogP contribution is 2.14. The van der Waals surface area contributed by atoms with Crippen LogP contribution in [0.15, 0.2) is 48.6 Å². The molecule has 0 unspecified atom stereocenters. The molecule has 0 aliphatic heterocycles. The lowest BCUT2D eigenvalue weighted by atomic mass is 10.0. The fourth-order valence-corrected chi connectivity index (χ4v) is 5.53. The van der Waals surface area contributed by atoms with Gasteiger partial charge in [-0.3, -0.25) is 9.59 Å². The summed E-state index contributed by atoms with van der Waals surface area (Å²) in [5.41, 5.74) is 0. The van der Waals surface area contributed by atoms with Gasteiger partial charge in [0, 0.05) is 19.4 Å². The number of allylic oxidation sites excluding steroid dienone is 8. The Morgan fingerprint density at radius 3 is 1.24 bits per heavy atom. The first-order valence-electron chi connectivity index (χ1n) is 20.3. The molecule has 0 aliphatic rings. The van der Waals surface area contributed by atoms with Crippen molar-refractivity contribution >= 4 is 11.9 Å². The van der Waals surface area contributed by atoms with Crippen LogP contribution in [-0.2, 0) is 19.1 Å². The summed E-state index contributed by atoms with van der Waals surface area (Å²) >= 11 is 0. The first-order chi connectivity index (χ1) is 24.1. The van der Waals surface area contributed by atoms with E-state index in [0.717, 1.165) is 70.6 Å². The molecule has 0 amide bonds. The number of aliphatic hydroxyl groups is 2. The zero-order valence-electron chi connectivity index (χ0n) is 31.6. The third-order valence-corrected chi connectivity index (χ3v) is 8.62. The molecule has 0 aromatic rings. The van der Waals surface area contributed by atoms with E-state index in [0.29, 0.717) is 25.9 Å². The molecule has 0 bridgehead atoms. The molecule has 284 valence electrons. The van der Waals surface area contributed by atoms with Crippen molar-refractivity contribution in [1.82, 2.24) is 0 Å². The lowest BCUT2D eigenvalue weighted by Crippen LogP contribution is -2.25. The van der Waals surface area contributed by atoms with Gasteiger partial charge in [0.1, 0.15) is 19.3 Å². The molecule has 0 aromatic carbocycles. The van der Waals surface area contributed by atoms with E-state index >= 15 is 0 Å². The number of unbranched alkanes of at least 4 members (excludes halogenated alkanes) is 20. The second kappa shape index (κ2) is 40.3. The van der Waals surface area contributed by atoms with Crippen molar-refractivity contribution < 1.29 is 29.3 Å². The van der Waals surface area contributed by atoms with Crippen LogP contribution in [0.1, 0.15) is 187 Å². The highest BCUT2D eigenvalue weighted by molar-refractivity contribution is 5.69. The highest BCUT2D eigenvalue weighted by Gasteiger charge is 2.12. The van der Waals surface area contributed by atoms with Crippen LogP contribution in [-0.4, -0.2) is 48.1 Å². The zero-order valence-corrected chi connectivity index (χ0v) is 31.6. The van der Waals surface area contributed by atoms with Crippen LogP contribution in [0, 0.1) is 0 Å². The molecule has 1 atom stereocenters. The molecular weight excluding hydrogens is 612 g/mol. The summed E-state index contributed by atoms with van der Waals surface area (Å²) in [6, 6.07) is 0. The second-order valence-corrected chi connectivity index (χ2v) is 13.5. The Balaban J connectivity index is 3.51. The average molecular weight is 689 g/mol. The maximum absolute atomic E-state index is 12.0. The lowest BCUT2D eigenvalue weighted by molar-refractivity contribution is -0.152. The largest absolute Gasteiger partial charge is 0.463 e. The monoisotopic (exact) mass is 689 g/mol. The SMILES string of the molecule is CCCCCCCCCCCCCCCCCCCC(=O)OC[C@@H](O)COC(=O)CCC/C=C\C/C=C\C/C=C\C/C=C\CCCCCO. The van der Waals surface area contributed by atoms with Crippen LogP contribution in [0.25, 0.3) is 0 Å². The smallest absolute Gasteiger partial charge is 0.305 e. The van der Waals surface area contributed by atoms with Gasteiger partial charge >= 0.3 is 11.9 Å². The normalized spacial score (nSPS) is 12.6. The van der Waals surface area contributed by atoms with Crippen LogP contribution in [0.5, 0.6) is 0 Å². The highest BCUT2D eigenvalue weighted by atomic mass is 16.6. The number of esters is 2. The molecule has 0 radical (unpaired) electrons. The Labute approximate surface area is 301 Å². The number of carbonyl (C=O) groups is 2. The molecule has 0 fully saturated rings. The van der Waals surface area contributed by atoms with E-state index in [4.69, 9.17) is 14.6 Å². The number of carbonyl (C=O) groups excluding carboxylic acids is 2. The van der Waals surface area contributed by atoms with Crippen LogP contribution >= 0.6 is 0 Å². The lowest BCUT2D eigenvalue weighted by Gasteiger charge is -2.12. The zero-order chi connectivity index (χ0) is 35.7. The molecule has 2 N–H and O–H groups in total. The summed E-state index contributed by atoms with van der Waals surface area (Å²) in [6.45, 7) is 2.28. The fourth-order valence-electron chi connectivity index (χ4n) is 5.53.